The number of fused-ring (bicyclic) bond motifs is 3. The molecule has 0 saturated carbocycles. The number of ether oxygens (including phenoxy) is 2. The molecule has 3 aromatic carbocycles. The number of carbonyl (C=O) groups excluding carboxylic acids is 2. The molecule has 0 unspecified atom stereocenters. The van der Waals surface area contributed by atoms with E-state index < -0.39 is 17.0 Å². The summed E-state index contributed by atoms with van der Waals surface area (Å²) in [6.07, 6.45) is -0.711. The molecule has 0 radical (unpaired) electrons. The molecular formula is C25H23N3O6. The van der Waals surface area contributed by atoms with Crippen LogP contribution in [-0.4, -0.2) is 43.3 Å². The molecule has 1 aliphatic rings. The molecule has 3 aromatic rings. The number of nitrogens with one attached hydrogen (secondary N) is 2. The van der Waals surface area contributed by atoms with Gasteiger partial charge in [0.25, 0.3) is 5.69 Å². The van der Waals surface area contributed by atoms with Crippen LogP contribution in [0.4, 0.5) is 16.2 Å². The average Bonchev–Trinajstić information content (AvgIpc) is 3.18. The highest BCUT2D eigenvalue weighted by molar-refractivity contribution is 5.80. The smallest absolute Gasteiger partial charge is 0.407 e. The van der Waals surface area contributed by atoms with E-state index in [9.17, 15) is 19.7 Å². The zero-order chi connectivity index (χ0) is 23.9. The Bertz CT molecular complexity index is 1170. The van der Waals surface area contributed by atoms with Gasteiger partial charge in [0.2, 0.25) is 0 Å². The number of para-hydroxylation sites is 2. The van der Waals surface area contributed by atoms with Gasteiger partial charge in [0.1, 0.15) is 25.4 Å². The van der Waals surface area contributed by atoms with E-state index >= 15 is 0 Å². The van der Waals surface area contributed by atoms with E-state index in [0.29, 0.717) is 5.69 Å². The van der Waals surface area contributed by atoms with Crippen LogP contribution in [0.3, 0.4) is 0 Å². The lowest BCUT2D eigenvalue weighted by molar-refractivity contribution is -0.384. The number of anilines is 1. The Hall–Kier alpha value is -4.40. The Kier molecular flexibility index (Phi) is 7.02. The van der Waals surface area contributed by atoms with Gasteiger partial charge in [0.15, 0.2) is 0 Å². The third kappa shape index (κ3) is 5.15. The van der Waals surface area contributed by atoms with Crippen molar-refractivity contribution in [3.05, 3.63) is 94.0 Å². The first kappa shape index (κ1) is 22.8. The molecule has 9 heteroatoms. The van der Waals surface area contributed by atoms with Crippen LogP contribution < -0.4 is 10.6 Å². The van der Waals surface area contributed by atoms with Crippen molar-refractivity contribution in [1.29, 1.82) is 0 Å². The standard InChI is InChI=1S/C25H23N3O6/c29-24(33-14-13-26-22-11-5-6-12-23(22)28(31)32)15-27-25(30)34-16-21-19-9-3-1-7-17(19)18-8-2-4-10-20(18)21/h1-12,21,26H,13-16H2,(H,27,30). The van der Waals surface area contributed by atoms with E-state index in [2.05, 4.69) is 22.8 Å². The van der Waals surface area contributed by atoms with E-state index in [1.165, 1.54) is 6.07 Å². The molecule has 0 fully saturated rings. The Labute approximate surface area is 195 Å². The molecule has 0 bridgehead atoms. The number of nitro benzene ring substituents is 1. The Morgan fingerprint density at radius 2 is 1.50 bits per heavy atom. The lowest BCUT2D eigenvalue weighted by atomic mass is 9.98. The summed E-state index contributed by atoms with van der Waals surface area (Å²) in [5.41, 5.74) is 4.73. The second-order valence-electron chi connectivity index (χ2n) is 7.60. The van der Waals surface area contributed by atoms with Crippen molar-refractivity contribution in [2.24, 2.45) is 0 Å². The van der Waals surface area contributed by atoms with Crippen LogP contribution in [0.1, 0.15) is 17.0 Å². The lowest BCUT2D eigenvalue weighted by Crippen LogP contribution is -2.32. The number of carbonyl (C=O) groups is 2. The molecule has 0 aromatic heterocycles. The minimum absolute atomic E-state index is 0.0166. The van der Waals surface area contributed by atoms with E-state index in [4.69, 9.17) is 9.47 Å². The maximum atomic E-state index is 12.1. The van der Waals surface area contributed by atoms with Gasteiger partial charge in [-0.05, 0) is 28.3 Å². The minimum atomic E-state index is -0.711. The molecule has 0 aliphatic heterocycles. The number of hydrogen-bond donors (Lipinski definition) is 2. The van der Waals surface area contributed by atoms with Crippen LogP contribution in [-0.2, 0) is 14.3 Å². The molecule has 34 heavy (non-hydrogen) atoms. The average molecular weight is 461 g/mol. The van der Waals surface area contributed by atoms with Crippen molar-refractivity contribution < 1.29 is 24.0 Å². The summed E-state index contributed by atoms with van der Waals surface area (Å²) >= 11 is 0. The van der Waals surface area contributed by atoms with Gasteiger partial charge in [0, 0.05) is 18.5 Å². The van der Waals surface area contributed by atoms with Gasteiger partial charge >= 0.3 is 12.1 Å². The van der Waals surface area contributed by atoms with Crippen molar-refractivity contribution in [2.45, 2.75) is 5.92 Å². The molecule has 0 heterocycles. The molecule has 9 nitrogen and oxygen atoms in total. The zero-order valence-electron chi connectivity index (χ0n) is 18.2. The fourth-order valence-corrected chi connectivity index (χ4v) is 3.98. The molecule has 1 amide bonds. The van der Waals surface area contributed by atoms with Crippen LogP contribution in [0.25, 0.3) is 11.1 Å². The van der Waals surface area contributed by atoms with Crippen molar-refractivity contribution >= 4 is 23.4 Å². The number of amides is 1. The highest BCUT2D eigenvalue weighted by atomic mass is 16.6. The molecule has 174 valence electrons. The predicted molar refractivity (Wildman–Crippen MR) is 126 cm³/mol. The summed E-state index contributed by atoms with van der Waals surface area (Å²) < 4.78 is 10.4. The van der Waals surface area contributed by atoms with E-state index in [1.807, 2.05) is 36.4 Å². The topological polar surface area (TPSA) is 120 Å². The Morgan fingerprint density at radius 3 is 2.18 bits per heavy atom. The quantitative estimate of drug-likeness (QED) is 0.213. The first-order valence-corrected chi connectivity index (χ1v) is 10.8. The van der Waals surface area contributed by atoms with Crippen LogP contribution in [0, 0.1) is 10.1 Å². The van der Waals surface area contributed by atoms with Crippen LogP contribution in [0.15, 0.2) is 72.8 Å². The van der Waals surface area contributed by atoms with Gasteiger partial charge in [0.05, 0.1) is 4.92 Å². The van der Waals surface area contributed by atoms with Gasteiger partial charge in [-0.1, -0.05) is 60.7 Å². The van der Waals surface area contributed by atoms with Gasteiger partial charge in [-0.2, -0.15) is 0 Å². The zero-order valence-corrected chi connectivity index (χ0v) is 18.2. The SMILES string of the molecule is O=C(CNC(=O)OCC1c2ccccc2-c2ccccc21)OCCNc1ccccc1[N+](=O)[O-]. The number of hydrogen-bond acceptors (Lipinski definition) is 7. The van der Waals surface area contributed by atoms with Crippen molar-refractivity contribution in [3.8, 4) is 11.1 Å². The monoisotopic (exact) mass is 461 g/mol. The molecular weight excluding hydrogens is 438 g/mol. The largest absolute Gasteiger partial charge is 0.463 e. The highest BCUT2D eigenvalue weighted by Gasteiger charge is 2.29. The van der Waals surface area contributed by atoms with Gasteiger partial charge < -0.3 is 20.1 Å². The van der Waals surface area contributed by atoms with Crippen LogP contribution >= 0.6 is 0 Å². The maximum absolute atomic E-state index is 12.1. The summed E-state index contributed by atoms with van der Waals surface area (Å²) in [5, 5.41) is 16.2. The molecule has 0 spiro atoms. The fraction of sp³-hybridized carbons (Fsp3) is 0.200. The maximum Gasteiger partial charge on any atom is 0.407 e. The van der Waals surface area contributed by atoms with Gasteiger partial charge in [-0.3, -0.25) is 14.9 Å². The van der Waals surface area contributed by atoms with Gasteiger partial charge in [-0.15, -0.1) is 0 Å². The van der Waals surface area contributed by atoms with Crippen molar-refractivity contribution in [2.75, 3.05) is 31.6 Å². The normalized spacial score (nSPS) is 11.8. The predicted octanol–water partition coefficient (Wildman–Crippen LogP) is 4.09. The summed E-state index contributed by atoms with van der Waals surface area (Å²) in [6.45, 7) is -0.0321. The molecule has 0 saturated heterocycles. The van der Waals surface area contributed by atoms with E-state index in [-0.39, 0.29) is 37.9 Å². The van der Waals surface area contributed by atoms with Crippen molar-refractivity contribution in [1.82, 2.24) is 5.32 Å². The summed E-state index contributed by atoms with van der Waals surface area (Å²) in [5.74, 6) is -0.712. The first-order valence-electron chi connectivity index (χ1n) is 10.8. The van der Waals surface area contributed by atoms with Crippen LogP contribution in [0.5, 0.6) is 0 Å². The van der Waals surface area contributed by atoms with Crippen molar-refractivity contribution in [3.63, 3.8) is 0 Å². The third-order valence-corrected chi connectivity index (χ3v) is 5.50. The lowest BCUT2D eigenvalue weighted by Gasteiger charge is -2.14. The fourth-order valence-electron chi connectivity index (χ4n) is 3.98. The second kappa shape index (κ2) is 10.5. The number of rotatable bonds is 9. The number of alkyl carbamates (subject to hydrolysis) is 1. The van der Waals surface area contributed by atoms with E-state index in [1.54, 1.807) is 18.2 Å². The minimum Gasteiger partial charge on any atom is -0.463 e. The third-order valence-electron chi connectivity index (χ3n) is 5.50. The highest BCUT2D eigenvalue weighted by Crippen LogP contribution is 2.44. The first-order chi connectivity index (χ1) is 16.5. The number of nitrogens with zero attached hydrogens (tertiary/aromatic N) is 1. The van der Waals surface area contributed by atoms with Crippen LogP contribution in [0.2, 0.25) is 0 Å². The summed E-state index contributed by atoms with van der Waals surface area (Å²) in [6, 6.07) is 22.2. The van der Waals surface area contributed by atoms with E-state index in [0.717, 1.165) is 22.3 Å². The Balaban J connectivity index is 1.19. The Morgan fingerprint density at radius 1 is 0.882 bits per heavy atom. The van der Waals surface area contributed by atoms with Gasteiger partial charge in [-0.25, -0.2) is 4.79 Å². The summed E-state index contributed by atoms with van der Waals surface area (Å²) in [4.78, 5) is 34.5. The molecule has 1 aliphatic carbocycles. The number of esters is 1. The number of nitro groups is 1. The molecule has 0 atom stereocenters. The molecule has 4 rings (SSSR count). The number of benzene rings is 3. The molecule has 2 N–H and O–H groups in total. The summed E-state index contributed by atoms with van der Waals surface area (Å²) in [7, 11) is 0. The second-order valence-corrected chi connectivity index (χ2v) is 7.60.